The molecule has 0 unspecified atom stereocenters. The molecule has 1 aliphatic rings. The minimum absolute atomic E-state index is 0.0961. The van der Waals surface area contributed by atoms with Gasteiger partial charge in [0.05, 0.1) is 21.0 Å². The molecule has 5 rings (SSSR count). The fourth-order valence-corrected chi connectivity index (χ4v) is 4.43. The number of aryl methyl sites for hydroxylation is 2. The highest BCUT2D eigenvalue weighted by Crippen LogP contribution is 2.36. The summed E-state index contributed by atoms with van der Waals surface area (Å²) in [4.78, 5) is 13.5. The molecule has 0 atom stereocenters. The number of halogens is 2. The van der Waals surface area contributed by atoms with E-state index in [0.29, 0.717) is 75.8 Å². The lowest BCUT2D eigenvalue weighted by molar-refractivity contribution is 0.171. The van der Waals surface area contributed by atoms with E-state index in [1.807, 2.05) is 37.3 Å². The second kappa shape index (κ2) is 9.24. The van der Waals surface area contributed by atoms with Crippen LogP contribution in [0.3, 0.4) is 0 Å². The van der Waals surface area contributed by atoms with Gasteiger partial charge in [-0.15, -0.1) is 0 Å². The molecule has 5 nitrogen and oxygen atoms in total. The lowest BCUT2D eigenvalue weighted by Crippen LogP contribution is -2.15. The summed E-state index contributed by atoms with van der Waals surface area (Å²) in [6.07, 6.45) is 0.694. The van der Waals surface area contributed by atoms with Gasteiger partial charge in [-0.2, -0.15) is 0 Å². The maximum atomic E-state index is 13.5. The highest BCUT2D eigenvalue weighted by Gasteiger charge is 2.19. The van der Waals surface area contributed by atoms with Gasteiger partial charge >= 0.3 is 0 Å². The van der Waals surface area contributed by atoms with E-state index in [4.69, 9.17) is 41.8 Å². The van der Waals surface area contributed by atoms with E-state index in [0.717, 1.165) is 16.7 Å². The van der Waals surface area contributed by atoms with Gasteiger partial charge in [0.15, 0.2) is 11.5 Å². The number of benzene rings is 3. The number of hydrogen-bond donors (Lipinski definition) is 0. The van der Waals surface area contributed by atoms with E-state index in [1.165, 1.54) is 0 Å². The van der Waals surface area contributed by atoms with Crippen molar-refractivity contribution < 1.29 is 18.6 Å². The maximum absolute atomic E-state index is 13.5. The second-order valence-electron chi connectivity index (χ2n) is 8.07. The van der Waals surface area contributed by atoms with Gasteiger partial charge in [-0.1, -0.05) is 42.3 Å². The van der Waals surface area contributed by atoms with Crippen LogP contribution in [0.2, 0.25) is 10.0 Å². The highest BCUT2D eigenvalue weighted by molar-refractivity contribution is 6.42. The Balaban J connectivity index is 1.53. The summed E-state index contributed by atoms with van der Waals surface area (Å²) in [7, 11) is 0. The number of hydrogen-bond acceptors (Lipinski definition) is 5. The third kappa shape index (κ3) is 4.22. The van der Waals surface area contributed by atoms with Gasteiger partial charge in [-0.25, -0.2) is 0 Å². The molecule has 0 saturated heterocycles. The minimum Gasteiger partial charge on any atom is -0.488 e. The van der Waals surface area contributed by atoms with E-state index in [9.17, 15) is 4.79 Å². The summed E-state index contributed by atoms with van der Waals surface area (Å²) in [6, 6.07) is 14.5. The fraction of sp³-hybridized carbons (Fsp3) is 0.222. The quantitative estimate of drug-likeness (QED) is 0.298. The molecule has 0 spiro atoms. The molecule has 0 fully saturated rings. The number of ether oxygens (including phenoxy) is 3. The van der Waals surface area contributed by atoms with E-state index >= 15 is 0 Å². The Bertz CT molecular complexity index is 1460. The van der Waals surface area contributed by atoms with Crippen LogP contribution in [0.5, 0.6) is 17.2 Å². The summed E-state index contributed by atoms with van der Waals surface area (Å²) in [5, 5.41) is 1.48. The third-order valence-electron chi connectivity index (χ3n) is 5.84. The van der Waals surface area contributed by atoms with Crippen molar-refractivity contribution >= 4 is 34.2 Å². The van der Waals surface area contributed by atoms with Gasteiger partial charge in [0.1, 0.15) is 36.9 Å². The monoisotopic (exact) mass is 496 g/mol. The Morgan fingerprint density at radius 3 is 2.50 bits per heavy atom. The van der Waals surface area contributed by atoms with Crippen molar-refractivity contribution in [2.45, 2.75) is 26.9 Å². The van der Waals surface area contributed by atoms with Gasteiger partial charge in [0, 0.05) is 6.07 Å². The SMILES string of the molecule is CCc1cc2c(=O)c(-c3ccc4c(c3)OCCO4)c(C)oc2cc1OCc1ccc(Cl)c(Cl)c1. The molecular weight excluding hydrogens is 475 g/mol. The first-order chi connectivity index (χ1) is 16.4. The van der Waals surface area contributed by atoms with Gasteiger partial charge < -0.3 is 18.6 Å². The average molecular weight is 497 g/mol. The van der Waals surface area contributed by atoms with Gasteiger partial charge in [-0.05, 0) is 60.4 Å². The molecule has 34 heavy (non-hydrogen) atoms. The standard InChI is InChI=1S/C27H22Cl2O5/c1-3-17-11-19-24(13-23(17)33-14-16-4-6-20(28)21(29)10-16)34-15(2)26(27(19)30)18-5-7-22-25(12-18)32-9-8-31-22/h4-7,10-13H,3,8-9,14H2,1-2H3. The van der Waals surface area contributed by atoms with Crippen molar-refractivity contribution in [3.8, 4) is 28.4 Å². The first-order valence-electron chi connectivity index (χ1n) is 11.0. The molecule has 7 heteroatoms. The van der Waals surface area contributed by atoms with Crippen LogP contribution < -0.4 is 19.6 Å². The largest absolute Gasteiger partial charge is 0.488 e. The summed E-state index contributed by atoms with van der Waals surface area (Å²) in [5.74, 6) is 2.49. The fourth-order valence-electron chi connectivity index (χ4n) is 4.11. The smallest absolute Gasteiger partial charge is 0.200 e. The van der Waals surface area contributed by atoms with Crippen LogP contribution in [-0.4, -0.2) is 13.2 Å². The molecule has 2 heterocycles. The van der Waals surface area contributed by atoms with Gasteiger partial charge in [0.2, 0.25) is 5.43 Å². The summed E-state index contributed by atoms with van der Waals surface area (Å²) in [5.41, 5.74) is 3.43. The lowest BCUT2D eigenvalue weighted by Gasteiger charge is -2.19. The van der Waals surface area contributed by atoms with Crippen molar-refractivity contribution in [2.24, 2.45) is 0 Å². The first-order valence-corrected chi connectivity index (χ1v) is 11.8. The molecule has 0 amide bonds. The Morgan fingerprint density at radius 2 is 1.74 bits per heavy atom. The van der Waals surface area contributed by atoms with Crippen molar-refractivity contribution in [3.63, 3.8) is 0 Å². The molecule has 0 saturated carbocycles. The first kappa shape index (κ1) is 22.6. The molecule has 1 aliphatic heterocycles. The normalized spacial score (nSPS) is 12.7. The van der Waals surface area contributed by atoms with Crippen molar-refractivity contribution in [3.05, 3.63) is 85.7 Å². The molecule has 0 radical (unpaired) electrons. The van der Waals surface area contributed by atoms with Crippen LogP contribution in [0.4, 0.5) is 0 Å². The third-order valence-corrected chi connectivity index (χ3v) is 6.58. The van der Waals surface area contributed by atoms with E-state index in [1.54, 1.807) is 25.1 Å². The minimum atomic E-state index is -0.0961. The average Bonchev–Trinajstić information content (AvgIpc) is 2.84. The Hall–Kier alpha value is -3.15. The number of rotatable bonds is 5. The molecular formula is C27H22Cl2O5. The maximum Gasteiger partial charge on any atom is 0.200 e. The summed E-state index contributed by atoms with van der Waals surface area (Å²) in [6.45, 7) is 5.11. The Labute approximate surface area is 206 Å². The molecule has 4 aromatic rings. The van der Waals surface area contributed by atoms with Gasteiger partial charge in [-0.3, -0.25) is 4.79 Å². The molecule has 3 aromatic carbocycles. The molecule has 174 valence electrons. The lowest BCUT2D eigenvalue weighted by atomic mass is 10.00. The number of fused-ring (bicyclic) bond motifs is 2. The summed E-state index contributed by atoms with van der Waals surface area (Å²) < 4.78 is 23.5. The zero-order valence-corrected chi connectivity index (χ0v) is 20.3. The molecule has 0 bridgehead atoms. The predicted octanol–water partition coefficient (Wildman–Crippen LogP) is 6.99. The van der Waals surface area contributed by atoms with Gasteiger partial charge in [0.25, 0.3) is 0 Å². The molecule has 0 N–H and O–H groups in total. The van der Waals surface area contributed by atoms with Crippen LogP contribution >= 0.6 is 23.2 Å². The Morgan fingerprint density at radius 1 is 0.941 bits per heavy atom. The van der Waals surface area contributed by atoms with Crippen molar-refractivity contribution in [1.29, 1.82) is 0 Å². The van der Waals surface area contributed by atoms with Crippen LogP contribution in [0.25, 0.3) is 22.1 Å². The highest BCUT2D eigenvalue weighted by atomic mass is 35.5. The molecule has 1 aromatic heterocycles. The van der Waals surface area contributed by atoms with E-state index in [2.05, 4.69) is 0 Å². The van der Waals surface area contributed by atoms with Crippen LogP contribution in [0.1, 0.15) is 23.8 Å². The predicted molar refractivity (Wildman–Crippen MR) is 134 cm³/mol. The van der Waals surface area contributed by atoms with E-state index in [-0.39, 0.29) is 5.43 Å². The summed E-state index contributed by atoms with van der Waals surface area (Å²) >= 11 is 12.1. The topological polar surface area (TPSA) is 57.9 Å². The van der Waals surface area contributed by atoms with Crippen LogP contribution in [-0.2, 0) is 13.0 Å². The van der Waals surface area contributed by atoms with Crippen LogP contribution in [0, 0.1) is 6.92 Å². The molecule has 0 aliphatic carbocycles. The second-order valence-corrected chi connectivity index (χ2v) is 8.88. The van der Waals surface area contributed by atoms with E-state index < -0.39 is 0 Å². The zero-order valence-electron chi connectivity index (χ0n) is 18.7. The zero-order chi connectivity index (χ0) is 23.8. The Kier molecular flexibility index (Phi) is 6.15. The van der Waals surface area contributed by atoms with Crippen molar-refractivity contribution in [2.75, 3.05) is 13.2 Å². The van der Waals surface area contributed by atoms with Crippen LogP contribution in [0.15, 0.2) is 57.7 Å². The van der Waals surface area contributed by atoms with Crippen molar-refractivity contribution in [1.82, 2.24) is 0 Å².